The fourth-order valence-electron chi connectivity index (χ4n) is 1.37. The Morgan fingerprint density at radius 1 is 1.62 bits per heavy atom. The number of aliphatic hydroxyl groups excluding tert-OH is 1. The van der Waals surface area contributed by atoms with Gasteiger partial charge < -0.3 is 15.1 Å². The van der Waals surface area contributed by atoms with Gasteiger partial charge in [-0.05, 0) is 0 Å². The number of nitrogens with one attached hydrogen (secondary N) is 1. The highest BCUT2D eigenvalue weighted by atomic mass is 16.4. The van der Waals surface area contributed by atoms with Gasteiger partial charge in [0.1, 0.15) is 10.6 Å². The Hall–Kier alpha value is -1.46. The molecule has 7 heteroatoms. The van der Waals surface area contributed by atoms with E-state index in [2.05, 4.69) is 10.0 Å². The highest BCUT2D eigenvalue weighted by molar-refractivity contribution is 5.65. The molecule has 1 amide bonds. The Morgan fingerprint density at radius 3 is 2.85 bits per heavy atom. The third-order valence-electron chi connectivity index (χ3n) is 1.90. The zero-order valence-corrected chi connectivity index (χ0v) is 6.92. The van der Waals surface area contributed by atoms with Crippen LogP contribution in [0, 0.1) is 5.53 Å². The van der Waals surface area contributed by atoms with Gasteiger partial charge >= 0.3 is 6.09 Å². The standard InChI is InChI=1S/C6H10N4O3/c7-9-8-4-1-5(11)3-10(2-4)6(12)13/h4-5,7,11H,1-3H2/p+1. The van der Waals surface area contributed by atoms with Crippen LogP contribution in [0.2, 0.25) is 0 Å². The summed E-state index contributed by atoms with van der Waals surface area (Å²) in [5, 5.41) is 21.4. The minimum Gasteiger partial charge on any atom is -0.465 e. The molecule has 2 atom stereocenters. The molecule has 1 rings (SSSR count). The number of amides is 1. The zero-order valence-electron chi connectivity index (χ0n) is 6.92. The van der Waals surface area contributed by atoms with Gasteiger partial charge in [0.05, 0.1) is 19.2 Å². The van der Waals surface area contributed by atoms with Crippen molar-refractivity contribution in [2.24, 2.45) is 5.11 Å². The van der Waals surface area contributed by atoms with E-state index in [1.54, 1.807) is 0 Å². The Labute approximate surface area is 74.2 Å². The van der Waals surface area contributed by atoms with Crippen LogP contribution >= 0.6 is 0 Å². The monoisotopic (exact) mass is 187 g/mol. The molecule has 0 aromatic rings. The lowest BCUT2D eigenvalue weighted by atomic mass is 10.0. The first kappa shape index (κ1) is 9.63. The van der Waals surface area contributed by atoms with Gasteiger partial charge in [-0.25, -0.2) is 4.79 Å². The van der Waals surface area contributed by atoms with E-state index in [9.17, 15) is 9.90 Å². The molecule has 72 valence electrons. The fraction of sp³-hybridized carbons (Fsp3) is 0.833. The topological polar surface area (TPSA) is 111 Å². The van der Waals surface area contributed by atoms with E-state index in [1.807, 2.05) is 0 Å². The normalized spacial score (nSPS) is 27.9. The number of nitrogens with zero attached hydrogens (tertiary/aromatic N) is 3. The Morgan fingerprint density at radius 2 is 2.31 bits per heavy atom. The van der Waals surface area contributed by atoms with E-state index >= 15 is 0 Å². The van der Waals surface area contributed by atoms with Crippen LogP contribution in [0.3, 0.4) is 0 Å². The average Bonchev–Trinajstić information content (AvgIpc) is 2.03. The molecule has 1 aliphatic heterocycles. The third-order valence-corrected chi connectivity index (χ3v) is 1.90. The largest absolute Gasteiger partial charge is 0.465 e. The lowest BCUT2D eigenvalue weighted by Gasteiger charge is -2.29. The number of aliphatic hydroxyl groups is 1. The molecule has 1 fully saturated rings. The van der Waals surface area contributed by atoms with Crippen molar-refractivity contribution in [1.82, 2.24) is 9.81 Å². The number of likely N-dealkylation sites (tertiary alicyclic amines) is 1. The summed E-state index contributed by atoms with van der Waals surface area (Å²) < 4.78 is 0. The molecule has 0 saturated carbocycles. The van der Waals surface area contributed by atoms with Crippen molar-refractivity contribution in [1.29, 1.82) is 5.53 Å². The molecule has 2 unspecified atom stereocenters. The molecule has 1 aliphatic rings. The summed E-state index contributed by atoms with van der Waals surface area (Å²) in [6.45, 7) is 0.314. The van der Waals surface area contributed by atoms with Gasteiger partial charge in [-0.3, -0.25) is 0 Å². The molecule has 3 N–H and O–H groups in total. The van der Waals surface area contributed by atoms with Gasteiger partial charge in [0.2, 0.25) is 4.91 Å². The summed E-state index contributed by atoms with van der Waals surface area (Å²) in [5.41, 5.74) is 6.49. The van der Waals surface area contributed by atoms with E-state index in [0.717, 1.165) is 4.90 Å². The maximum Gasteiger partial charge on any atom is 0.407 e. The summed E-state index contributed by atoms with van der Waals surface area (Å²) in [5.74, 6) is 0. The molecular formula is C6H11N4O3+. The van der Waals surface area contributed by atoms with Crippen molar-refractivity contribution in [2.75, 3.05) is 13.1 Å². The maximum absolute atomic E-state index is 10.5. The van der Waals surface area contributed by atoms with E-state index in [4.69, 9.17) is 10.6 Å². The summed E-state index contributed by atoms with van der Waals surface area (Å²) >= 11 is 0. The van der Waals surface area contributed by atoms with Crippen molar-refractivity contribution >= 4 is 6.09 Å². The number of rotatable bonds is 1. The van der Waals surface area contributed by atoms with E-state index in [-0.39, 0.29) is 13.1 Å². The van der Waals surface area contributed by atoms with Crippen molar-refractivity contribution in [3.8, 4) is 0 Å². The number of β-amino-alcohol motifs (C(OH)–C–C–N with tert-alkyl or cyclic N) is 1. The first-order valence-corrected chi connectivity index (χ1v) is 3.86. The molecular weight excluding hydrogens is 176 g/mol. The van der Waals surface area contributed by atoms with Crippen molar-refractivity contribution < 1.29 is 15.0 Å². The number of carboxylic acid groups (broad SMARTS) is 1. The van der Waals surface area contributed by atoms with E-state index < -0.39 is 18.2 Å². The second kappa shape index (κ2) is 3.97. The second-order valence-corrected chi connectivity index (χ2v) is 2.95. The van der Waals surface area contributed by atoms with Gasteiger partial charge in [-0.15, -0.1) is 0 Å². The highest BCUT2D eigenvalue weighted by Crippen LogP contribution is 2.13. The highest BCUT2D eigenvalue weighted by Gasteiger charge is 2.31. The van der Waals surface area contributed by atoms with Crippen LogP contribution < -0.4 is 4.91 Å². The molecule has 0 spiro atoms. The predicted octanol–water partition coefficient (Wildman–Crippen LogP) is -0.350. The van der Waals surface area contributed by atoms with Gasteiger partial charge in [0, 0.05) is 6.42 Å². The smallest absolute Gasteiger partial charge is 0.407 e. The van der Waals surface area contributed by atoms with Crippen LogP contribution in [0.5, 0.6) is 0 Å². The summed E-state index contributed by atoms with van der Waals surface area (Å²) in [7, 11) is 0. The van der Waals surface area contributed by atoms with Crippen LogP contribution in [0.1, 0.15) is 6.42 Å². The van der Waals surface area contributed by atoms with Crippen LogP contribution in [0.4, 0.5) is 4.79 Å². The van der Waals surface area contributed by atoms with Gasteiger partial charge in [0.25, 0.3) is 0 Å². The molecule has 0 aromatic carbocycles. The molecule has 0 aliphatic carbocycles. The number of carbonyl (C=O) groups is 1. The number of hydrogen-bond donors (Lipinski definition) is 3. The SMILES string of the molecule is N=[N+]=NC1CC(O)CN(C(=O)O)C1. The average molecular weight is 187 g/mol. The van der Waals surface area contributed by atoms with Crippen molar-refractivity contribution in [2.45, 2.75) is 18.6 Å². The van der Waals surface area contributed by atoms with Gasteiger partial charge in [0.15, 0.2) is 6.04 Å². The molecule has 0 radical (unpaired) electrons. The Kier molecular flexibility index (Phi) is 2.94. The van der Waals surface area contributed by atoms with Gasteiger partial charge in [-0.1, -0.05) is 0 Å². The number of hydrogen-bond acceptors (Lipinski definition) is 4. The third kappa shape index (κ3) is 2.50. The van der Waals surface area contributed by atoms with Crippen molar-refractivity contribution in [3.63, 3.8) is 0 Å². The molecule has 1 saturated heterocycles. The minimum atomic E-state index is -1.08. The first-order valence-electron chi connectivity index (χ1n) is 3.86. The molecule has 13 heavy (non-hydrogen) atoms. The summed E-state index contributed by atoms with van der Waals surface area (Å²) in [4.78, 5) is 14.5. The predicted molar refractivity (Wildman–Crippen MR) is 41.3 cm³/mol. The molecule has 0 bridgehead atoms. The lowest BCUT2D eigenvalue weighted by Crippen LogP contribution is -2.47. The van der Waals surface area contributed by atoms with Crippen LogP contribution in [-0.2, 0) is 0 Å². The molecule has 1 heterocycles. The maximum atomic E-state index is 10.5. The zero-order chi connectivity index (χ0) is 9.84. The lowest BCUT2D eigenvalue weighted by molar-refractivity contribution is 0.0566. The van der Waals surface area contributed by atoms with Crippen molar-refractivity contribution in [3.05, 3.63) is 0 Å². The summed E-state index contributed by atoms with van der Waals surface area (Å²) in [6, 6.07) is -0.391. The second-order valence-electron chi connectivity index (χ2n) is 2.95. The Balaban J connectivity index is 2.62. The van der Waals surface area contributed by atoms with Crippen LogP contribution in [0.25, 0.3) is 0 Å². The van der Waals surface area contributed by atoms with E-state index in [0.29, 0.717) is 6.42 Å². The minimum absolute atomic E-state index is 0.110. The Bertz CT molecular complexity index is 240. The van der Waals surface area contributed by atoms with Gasteiger partial charge in [-0.2, -0.15) is 0 Å². The number of piperidine rings is 1. The molecule has 0 aromatic heterocycles. The fourth-order valence-corrected chi connectivity index (χ4v) is 1.37. The molecule has 7 nitrogen and oxygen atoms in total. The van der Waals surface area contributed by atoms with Crippen LogP contribution in [-0.4, -0.2) is 46.4 Å². The first-order chi connectivity index (χ1) is 6.13. The van der Waals surface area contributed by atoms with Crippen LogP contribution in [0.15, 0.2) is 5.11 Å². The quantitative estimate of drug-likeness (QED) is 0.385. The summed E-state index contributed by atoms with van der Waals surface area (Å²) in [6.07, 6.45) is -1.42. The van der Waals surface area contributed by atoms with E-state index in [1.165, 1.54) is 0 Å².